The second-order valence-corrected chi connectivity index (χ2v) is 6.74. The quantitative estimate of drug-likeness (QED) is 0.576. The number of aliphatic carboxylic acids is 1. The number of hydrogen-bond acceptors (Lipinski definition) is 4. The van der Waals surface area contributed by atoms with Crippen LogP contribution in [0, 0.1) is 0 Å². The lowest BCUT2D eigenvalue weighted by atomic mass is 10.1. The first-order valence-corrected chi connectivity index (χ1v) is 8.89. The van der Waals surface area contributed by atoms with Gasteiger partial charge in [0, 0.05) is 0 Å². The van der Waals surface area contributed by atoms with Crippen LogP contribution in [0.5, 0.6) is 23.0 Å². The van der Waals surface area contributed by atoms with Gasteiger partial charge >= 0.3 is 5.97 Å². The van der Waals surface area contributed by atoms with Crippen molar-refractivity contribution in [2.45, 2.75) is 26.1 Å². The monoisotopic (exact) mass is 378 g/mol. The SMILES string of the molecule is CC(C)(Oc1ccc(OCc2cccc(Oc3ccccc3)c2)cc1)C(=O)O. The Hall–Kier alpha value is -3.47. The fourth-order valence-corrected chi connectivity index (χ4v) is 2.43. The second-order valence-electron chi connectivity index (χ2n) is 6.74. The Labute approximate surface area is 164 Å². The van der Waals surface area contributed by atoms with Gasteiger partial charge in [-0.25, -0.2) is 4.79 Å². The molecule has 0 unspecified atom stereocenters. The molecule has 0 radical (unpaired) electrons. The normalized spacial score (nSPS) is 10.9. The fourth-order valence-electron chi connectivity index (χ4n) is 2.43. The molecule has 0 saturated carbocycles. The minimum absolute atomic E-state index is 0.382. The highest BCUT2D eigenvalue weighted by molar-refractivity contribution is 5.76. The van der Waals surface area contributed by atoms with Crippen LogP contribution >= 0.6 is 0 Å². The first-order chi connectivity index (χ1) is 13.4. The van der Waals surface area contributed by atoms with Crippen molar-refractivity contribution in [2.75, 3.05) is 0 Å². The molecular weight excluding hydrogens is 356 g/mol. The van der Waals surface area contributed by atoms with E-state index in [1.807, 2.05) is 54.6 Å². The lowest BCUT2D eigenvalue weighted by Crippen LogP contribution is -2.37. The van der Waals surface area contributed by atoms with Gasteiger partial charge in [0.05, 0.1) is 0 Å². The van der Waals surface area contributed by atoms with Gasteiger partial charge < -0.3 is 19.3 Å². The molecule has 28 heavy (non-hydrogen) atoms. The zero-order chi connectivity index (χ0) is 20.0. The van der Waals surface area contributed by atoms with Gasteiger partial charge in [0.15, 0.2) is 5.60 Å². The predicted molar refractivity (Wildman–Crippen MR) is 106 cm³/mol. The molecule has 0 fully saturated rings. The summed E-state index contributed by atoms with van der Waals surface area (Å²) >= 11 is 0. The van der Waals surface area contributed by atoms with E-state index in [1.165, 1.54) is 13.8 Å². The molecule has 0 saturated heterocycles. The number of para-hydroxylation sites is 1. The summed E-state index contributed by atoms with van der Waals surface area (Å²) in [7, 11) is 0. The average molecular weight is 378 g/mol. The summed E-state index contributed by atoms with van der Waals surface area (Å²) in [5.41, 5.74) is -0.317. The standard InChI is InChI=1S/C23H22O5/c1-23(2,22(24)25)28-20-13-11-18(12-14-20)26-16-17-7-6-10-21(15-17)27-19-8-4-3-5-9-19/h3-15H,16H2,1-2H3,(H,24,25). The lowest BCUT2D eigenvalue weighted by molar-refractivity contribution is -0.152. The van der Waals surface area contributed by atoms with E-state index in [0.717, 1.165) is 17.1 Å². The lowest BCUT2D eigenvalue weighted by Gasteiger charge is -2.21. The predicted octanol–water partition coefficient (Wildman–Crippen LogP) is 5.30. The molecule has 3 aromatic carbocycles. The second kappa shape index (κ2) is 8.48. The van der Waals surface area contributed by atoms with Gasteiger partial charge in [-0.1, -0.05) is 30.3 Å². The molecule has 0 spiro atoms. The zero-order valence-electron chi connectivity index (χ0n) is 15.8. The molecule has 0 heterocycles. The summed E-state index contributed by atoms with van der Waals surface area (Å²) in [5.74, 6) is 1.63. The van der Waals surface area contributed by atoms with Crippen molar-refractivity contribution in [3.63, 3.8) is 0 Å². The third-order valence-corrected chi connectivity index (χ3v) is 3.99. The Morgan fingerprint density at radius 3 is 2.14 bits per heavy atom. The Bertz CT molecular complexity index is 917. The van der Waals surface area contributed by atoms with Gasteiger partial charge in [-0.2, -0.15) is 0 Å². The highest BCUT2D eigenvalue weighted by atomic mass is 16.5. The fraction of sp³-hybridized carbons (Fsp3) is 0.174. The van der Waals surface area contributed by atoms with E-state index in [4.69, 9.17) is 19.3 Å². The average Bonchev–Trinajstić information content (AvgIpc) is 2.68. The first kappa shape index (κ1) is 19.3. The Morgan fingerprint density at radius 1 is 0.821 bits per heavy atom. The Morgan fingerprint density at radius 2 is 1.46 bits per heavy atom. The molecule has 0 amide bonds. The minimum Gasteiger partial charge on any atom is -0.489 e. The number of benzene rings is 3. The molecule has 3 aromatic rings. The molecule has 0 aliphatic carbocycles. The number of hydrogen-bond donors (Lipinski definition) is 1. The summed E-state index contributed by atoms with van der Waals surface area (Å²) in [5, 5.41) is 9.12. The molecule has 1 N–H and O–H groups in total. The van der Waals surface area contributed by atoms with Gasteiger partial charge in [0.25, 0.3) is 0 Å². The first-order valence-electron chi connectivity index (χ1n) is 8.89. The summed E-state index contributed by atoms with van der Waals surface area (Å²) in [6.45, 7) is 3.39. The van der Waals surface area contributed by atoms with E-state index in [2.05, 4.69) is 0 Å². The van der Waals surface area contributed by atoms with E-state index < -0.39 is 11.6 Å². The van der Waals surface area contributed by atoms with Gasteiger partial charge in [0.2, 0.25) is 0 Å². The molecule has 0 aliphatic heterocycles. The van der Waals surface area contributed by atoms with Crippen LogP contribution in [0.4, 0.5) is 0 Å². The van der Waals surface area contributed by atoms with E-state index in [9.17, 15) is 4.79 Å². The summed E-state index contributed by atoms with van der Waals surface area (Å²) in [6.07, 6.45) is 0. The maximum absolute atomic E-state index is 11.1. The van der Waals surface area contributed by atoms with Crippen molar-refractivity contribution in [1.29, 1.82) is 0 Å². The van der Waals surface area contributed by atoms with Crippen LogP contribution in [0.2, 0.25) is 0 Å². The van der Waals surface area contributed by atoms with Crippen LogP contribution in [-0.4, -0.2) is 16.7 Å². The summed E-state index contributed by atoms with van der Waals surface area (Å²) < 4.78 is 17.1. The van der Waals surface area contributed by atoms with Crippen LogP contribution in [0.3, 0.4) is 0 Å². The van der Waals surface area contributed by atoms with Crippen molar-refractivity contribution in [2.24, 2.45) is 0 Å². The molecule has 0 atom stereocenters. The van der Waals surface area contributed by atoms with Crippen molar-refractivity contribution >= 4 is 5.97 Å². The van der Waals surface area contributed by atoms with E-state index in [-0.39, 0.29) is 0 Å². The van der Waals surface area contributed by atoms with Crippen LogP contribution in [0.15, 0.2) is 78.9 Å². The van der Waals surface area contributed by atoms with Crippen LogP contribution in [0.1, 0.15) is 19.4 Å². The van der Waals surface area contributed by atoms with Crippen LogP contribution < -0.4 is 14.2 Å². The molecule has 5 nitrogen and oxygen atoms in total. The van der Waals surface area contributed by atoms with Crippen molar-refractivity contribution in [3.05, 3.63) is 84.4 Å². The maximum Gasteiger partial charge on any atom is 0.347 e. The number of carboxylic acids is 1. The number of rotatable bonds is 8. The number of ether oxygens (including phenoxy) is 3. The molecule has 0 aromatic heterocycles. The Balaban J connectivity index is 1.58. The Kier molecular flexibility index (Phi) is 5.84. The molecule has 144 valence electrons. The van der Waals surface area contributed by atoms with Gasteiger partial charge in [-0.15, -0.1) is 0 Å². The third-order valence-electron chi connectivity index (χ3n) is 3.99. The van der Waals surface area contributed by atoms with Crippen LogP contribution in [-0.2, 0) is 11.4 Å². The van der Waals surface area contributed by atoms with E-state index >= 15 is 0 Å². The zero-order valence-corrected chi connectivity index (χ0v) is 15.8. The van der Waals surface area contributed by atoms with E-state index in [1.54, 1.807) is 24.3 Å². The molecule has 0 bridgehead atoms. The topological polar surface area (TPSA) is 65.0 Å². The largest absolute Gasteiger partial charge is 0.489 e. The molecule has 5 heteroatoms. The van der Waals surface area contributed by atoms with Crippen molar-refractivity contribution < 1.29 is 24.1 Å². The third kappa shape index (κ3) is 5.27. The van der Waals surface area contributed by atoms with Gasteiger partial charge in [-0.3, -0.25) is 0 Å². The minimum atomic E-state index is -1.29. The summed E-state index contributed by atoms with van der Waals surface area (Å²) in [6, 6.07) is 24.2. The molecule has 3 rings (SSSR count). The van der Waals surface area contributed by atoms with Crippen molar-refractivity contribution in [1.82, 2.24) is 0 Å². The highest BCUT2D eigenvalue weighted by Gasteiger charge is 2.29. The molecular formula is C23H22O5. The summed E-state index contributed by atoms with van der Waals surface area (Å²) in [4.78, 5) is 11.1. The number of carbonyl (C=O) groups is 1. The highest BCUT2D eigenvalue weighted by Crippen LogP contribution is 2.24. The molecule has 0 aliphatic rings. The maximum atomic E-state index is 11.1. The number of carboxylic acid groups (broad SMARTS) is 1. The van der Waals surface area contributed by atoms with Gasteiger partial charge in [0.1, 0.15) is 29.6 Å². The van der Waals surface area contributed by atoms with Gasteiger partial charge in [-0.05, 0) is 67.9 Å². The van der Waals surface area contributed by atoms with E-state index in [0.29, 0.717) is 18.1 Å². The van der Waals surface area contributed by atoms with Crippen LogP contribution in [0.25, 0.3) is 0 Å². The van der Waals surface area contributed by atoms with Crippen molar-refractivity contribution in [3.8, 4) is 23.0 Å². The smallest absolute Gasteiger partial charge is 0.347 e.